The highest BCUT2D eigenvalue weighted by Gasteiger charge is 2.21. The highest BCUT2D eigenvalue weighted by Crippen LogP contribution is 2.17. The van der Waals surface area contributed by atoms with E-state index in [2.05, 4.69) is 12.2 Å². The van der Waals surface area contributed by atoms with Crippen LogP contribution in [-0.4, -0.2) is 49.7 Å². The summed E-state index contributed by atoms with van der Waals surface area (Å²) in [5.74, 6) is 0.142. The molecular formula is C11H22N2O2. The van der Waals surface area contributed by atoms with Crippen molar-refractivity contribution < 1.29 is 9.53 Å². The van der Waals surface area contributed by atoms with Crippen LogP contribution in [0.5, 0.6) is 0 Å². The van der Waals surface area contributed by atoms with Crippen LogP contribution >= 0.6 is 0 Å². The molecular weight excluding hydrogens is 192 g/mol. The molecule has 88 valence electrons. The zero-order valence-corrected chi connectivity index (χ0v) is 9.95. The third kappa shape index (κ3) is 4.18. The van der Waals surface area contributed by atoms with Gasteiger partial charge in [0.05, 0.1) is 18.8 Å². The smallest absolute Gasteiger partial charge is 0.236 e. The summed E-state index contributed by atoms with van der Waals surface area (Å²) in [6.45, 7) is 6.03. The lowest BCUT2D eigenvalue weighted by atomic mass is 10.2. The lowest BCUT2D eigenvalue weighted by Gasteiger charge is -2.16. The van der Waals surface area contributed by atoms with Crippen LogP contribution in [0, 0.1) is 0 Å². The van der Waals surface area contributed by atoms with Crippen LogP contribution in [0.2, 0.25) is 0 Å². The van der Waals surface area contributed by atoms with E-state index in [1.54, 1.807) is 4.90 Å². The highest BCUT2D eigenvalue weighted by molar-refractivity contribution is 5.77. The summed E-state index contributed by atoms with van der Waals surface area (Å²) >= 11 is 0. The Balaban J connectivity index is 2.08. The molecule has 1 saturated heterocycles. The van der Waals surface area contributed by atoms with Crippen LogP contribution in [0.3, 0.4) is 0 Å². The van der Waals surface area contributed by atoms with Gasteiger partial charge in [0.15, 0.2) is 0 Å². The lowest BCUT2D eigenvalue weighted by Crippen LogP contribution is -2.38. The average Bonchev–Trinajstić information content (AvgIpc) is 2.63. The van der Waals surface area contributed by atoms with E-state index < -0.39 is 0 Å². The molecule has 1 rings (SSSR count). The predicted molar refractivity (Wildman–Crippen MR) is 59.7 cm³/mol. The number of nitrogens with one attached hydrogen (secondary N) is 1. The third-order valence-electron chi connectivity index (χ3n) is 2.87. The van der Waals surface area contributed by atoms with Crippen molar-refractivity contribution in [2.24, 2.45) is 0 Å². The van der Waals surface area contributed by atoms with E-state index in [1.165, 1.54) is 0 Å². The molecule has 0 bridgehead atoms. The number of nitrogens with zero attached hydrogens (tertiary/aromatic N) is 1. The molecule has 1 amide bonds. The largest absolute Gasteiger partial charge is 0.374 e. The maximum Gasteiger partial charge on any atom is 0.236 e. The number of carbonyl (C=O) groups excluding carboxylic acids is 1. The molecule has 0 saturated carbocycles. The number of hydrogen-bond donors (Lipinski definition) is 1. The van der Waals surface area contributed by atoms with Crippen molar-refractivity contribution in [1.82, 2.24) is 10.2 Å². The first-order valence-electron chi connectivity index (χ1n) is 5.73. The van der Waals surface area contributed by atoms with Gasteiger partial charge in [-0.2, -0.15) is 0 Å². The van der Waals surface area contributed by atoms with E-state index in [0.29, 0.717) is 18.8 Å². The predicted octanol–water partition coefficient (Wildman–Crippen LogP) is 0.622. The monoisotopic (exact) mass is 214 g/mol. The van der Waals surface area contributed by atoms with E-state index in [0.717, 1.165) is 25.9 Å². The van der Waals surface area contributed by atoms with E-state index in [1.807, 2.05) is 14.0 Å². The second-order valence-corrected chi connectivity index (χ2v) is 4.18. The Hall–Kier alpha value is -0.610. The Kier molecular flexibility index (Phi) is 5.05. The molecule has 1 fully saturated rings. The van der Waals surface area contributed by atoms with Gasteiger partial charge < -0.3 is 15.0 Å². The van der Waals surface area contributed by atoms with Crippen molar-refractivity contribution in [2.45, 2.75) is 38.9 Å². The van der Waals surface area contributed by atoms with Gasteiger partial charge in [0.25, 0.3) is 0 Å². The van der Waals surface area contributed by atoms with E-state index in [9.17, 15) is 4.79 Å². The van der Waals surface area contributed by atoms with Gasteiger partial charge in [0, 0.05) is 20.1 Å². The molecule has 2 atom stereocenters. The molecule has 2 unspecified atom stereocenters. The van der Waals surface area contributed by atoms with Gasteiger partial charge in [-0.05, 0) is 26.7 Å². The molecule has 1 aliphatic heterocycles. The Labute approximate surface area is 92.0 Å². The molecule has 0 aromatic rings. The summed E-state index contributed by atoms with van der Waals surface area (Å²) in [5.41, 5.74) is 0. The van der Waals surface area contributed by atoms with Crippen molar-refractivity contribution in [2.75, 3.05) is 26.7 Å². The SMILES string of the molecule is CCN(C)C(=O)CNCC1CCC(C)O1. The van der Waals surface area contributed by atoms with Gasteiger partial charge in [-0.15, -0.1) is 0 Å². The number of ether oxygens (including phenoxy) is 1. The van der Waals surface area contributed by atoms with Crippen LogP contribution < -0.4 is 5.32 Å². The maximum atomic E-state index is 11.4. The third-order valence-corrected chi connectivity index (χ3v) is 2.87. The molecule has 15 heavy (non-hydrogen) atoms. The summed E-state index contributed by atoms with van der Waals surface area (Å²) in [4.78, 5) is 13.1. The van der Waals surface area contributed by atoms with Gasteiger partial charge >= 0.3 is 0 Å². The topological polar surface area (TPSA) is 41.6 Å². The Morgan fingerprint density at radius 3 is 2.80 bits per heavy atom. The molecule has 4 nitrogen and oxygen atoms in total. The van der Waals surface area contributed by atoms with Crippen molar-refractivity contribution in [3.8, 4) is 0 Å². The van der Waals surface area contributed by atoms with Crippen LogP contribution in [0.15, 0.2) is 0 Å². The quantitative estimate of drug-likeness (QED) is 0.729. The van der Waals surface area contributed by atoms with Crippen molar-refractivity contribution in [3.63, 3.8) is 0 Å². The fraction of sp³-hybridized carbons (Fsp3) is 0.909. The number of rotatable bonds is 5. The number of carbonyl (C=O) groups is 1. The molecule has 0 aromatic heterocycles. The number of likely N-dealkylation sites (N-methyl/N-ethyl adjacent to an activating group) is 1. The van der Waals surface area contributed by atoms with E-state index in [-0.39, 0.29) is 5.91 Å². The minimum Gasteiger partial charge on any atom is -0.374 e. The molecule has 1 aliphatic rings. The summed E-state index contributed by atoms with van der Waals surface area (Å²) in [5, 5.41) is 3.15. The average molecular weight is 214 g/mol. The fourth-order valence-electron chi connectivity index (χ4n) is 1.69. The van der Waals surface area contributed by atoms with Crippen molar-refractivity contribution in [1.29, 1.82) is 0 Å². The molecule has 0 radical (unpaired) electrons. The van der Waals surface area contributed by atoms with Gasteiger partial charge in [-0.25, -0.2) is 0 Å². The Morgan fingerprint density at radius 1 is 1.53 bits per heavy atom. The molecule has 1 N–H and O–H groups in total. The first-order chi connectivity index (χ1) is 7.13. The minimum atomic E-state index is 0.142. The number of amides is 1. The van der Waals surface area contributed by atoms with Crippen LogP contribution in [0.1, 0.15) is 26.7 Å². The van der Waals surface area contributed by atoms with Crippen LogP contribution in [0.4, 0.5) is 0 Å². The van der Waals surface area contributed by atoms with Crippen LogP contribution in [-0.2, 0) is 9.53 Å². The zero-order valence-electron chi connectivity index (χ0n) is 9.95. The molecule has 4 heteroatoms. The molecule has 1 heterocycles. The summed E-state index contributed by atoms with van der Waals surface area (Å²) < 4.78 is 5.64. The van der Waals surface area contributed by atoms with Crippen LogP contribution in [0.25, 0.3) is 0 Å². The first kappa shape index (κ1) is 12.5. The Bertz CT molecular complexity index is 209. The second-order valence-electron chi connectivity index (χ2n) is 4.18. The Morgan fingerprint density at radius 2 is 2.27 bits per heavy atom. The number of hydrogen-bond acceptors (Lipinski definition) is 3. The lowest BCUT2D eigenvalue weighted by molar-refractivity contribution is -0.128. The van der Waals surface area contributed by atoms with Gasteiger partial charge in [0.2, 0.25) is 5.91 Å². The van der Waals surface area contributed by atoms with Crippen molar-refractivity contribution >= 4 is 5.91 Å². The fourth-order valence-corrected chi connectivity index (χ4v) is 1.69. The first-order valence-corrected chi connectivity index (χ1v) is 5.73. The van der Waals surface area contributed by atoms with E-state index >= 15 is 0 Å². The van der Waals surface area contributed by atoms with Gasteiger partial charge in [-0.3, -0.25) is 4.79 Å². The second kappa shape index (κ2) is 6.08. The molecule has 0 aromatic carbocycles. The standard InChI is InChI=1S/C11H22N2O2/c1-4-13(3)11(14)8-12-7-10-6-5-9(2)15-10/h9-10,12H,4-8H2,1-3H3. The van der Waals surface area contributed by atoms with Gasteiger partial charge in [-0.1, -0.05) is 0 Å². The minimum absolute atomic E-state index is 0.142. The molecule has 0 spiro atoms. The van der Waals surface area contributed by atoms with E-state index in [4.69, 9.17) is 4.74 Å². The summed E-state index contributed by atoms with van der Waals surface area (Å²) in [6.07, 6.45) is 2.91. The summed E-state index contributed by atoms with van der Waals surface area (Å²) in [6, 6.07) is 0. The molecule has 0 aliphatic carbocycles. The summed E-state index contributed by atoms with van der Waals surface area (Å²) in [7, 11) is 1.82. The zero-order chi connectivity index (χ0) is 11.3. The van der Waals surface area contributed by atoms with Gasteiger partial charge in [0.1, 0.15) is 0 Å². The normalized spacial score (nSPS) is 25.5. The highest BCUT2D eigenvalue weighted by atomic mass is 16.5. The maximum absolute atomic E-state index is 11.4. The van der Waals surface area contributed by atoms with Crippen molar-refractivity contribution in [3.05, 3.63) is 0 Å².